The van der Waals surface area contributed by atoms with Gasteiger partial charge in [0.25, 0.3) is 0 Å². The van der Waals surface area contributed by atoms with Crippen LogP contribution in [0.3, 0.4) is 0 Å². The zero-order chi connectivity index (χ0) is 11.8. The molecule has 2 aromatic rings. The average Bonchev–Trinajstić information content (AvgIpc) is 2.61. The minimum Gasteiger partial charge on any atom is -0.281 e. The van der Waals surface area contributed by atoms with Gasteiger partial charge in [-0.2, -0.15) is 8.42 Å². The predicted octanol–water partition coefficient (Wildman–Crippen LogP) is -0.509. The van der Waals surface area contributed by atoms with E-state index in [1.54, 1.807) is 30.3 Å². The van der Waals surface area contributed by atoms with Crippen molar-refractivity contribution in [2.75, 3.05) is 0 Å². The smallest absolute Gasteiger partial charge is 0.281 e. The summed E-state index contributed by atoms with van der Waals surface area (Å²) >= 11 is 0. The first-order chi connectivity index (χ1) is 7.50. The third-order valence-electron chi connectivity index (χ3n) is 1.87. The van der Waals surface area contributed by atoms with Gasteiger partial charge in [-0.15, -0.1) is 0 Å². The van der Waals surface area contributed by atoms with Gasteiger partial charge in [0.1, 0.15) is 0 Å². The van der Waals surface area contributed by atoms with Crippen molar-refractivity contribution in [3.05, 3.63) is 40.8 Å². The van der Waals surface area contributed by atoms with Gasteiger partial charge in [0.2, 0.25) is 5.69 Å². The van der Waals surface area contributed by atoms with Crippen molar-refractivity contribution in [2.45, 2.75) is 5.03 Å². The summed E-state index contributed by atoms with van der Waals surface area (Å²) in [5.41, 5.74) is -0.813. The second-order valence-electron chi connectivity index (χ2n) is 2.93. The largest absolute Gasteiger partial charge is 0.450 e. The standard InChI is InChI=1S/C8H6N2O5S/c11-8-7(16(12,13)14)10(9-15-8)6-4-2-1-3-5-6/h1-5H,(H-,9,11,12,13,14)/p+1. The number of hydrogen-bond acceptors (Lipinski definition) is 4. The molecule has 0 saturated heterocycles. The highest BCUT2D eigenvalue weighted by molar-refractivity contribution is 7.85. The molecule has 1 aromatic carbocycles. The van der Waals surface area contributed by atoms with Crippen LogP contribution in [0.5, 0.6) is 0 Å². The van der Waals surface area contributed by atoms with Gasteiger partial charge < -0.3 is 0 Å². The van der Waals surface area contributed by atoms with E-state index in [2.05, 4.69) is 9.79 Å². The number of aromatic nitrogens is 2. The maximum Gasteiger partial charge on any atom is 0.450 e. The first kappa shape index (κ1) is 10.6. The Hall–Kier alpha value is -1.93. The van der Waals surface area contributed by atoms with E-state index in [4.69, 9.17) is 4.55 Å². The molecule has 0 unspecified atom stereocenters. The summed E-state index contributed by atoms with van der Waals surface area (Å²) < 4.78 is 36.0. The molecule has 0 spiro atoms. The molecule has 0 radical (unpaired) electrons. The SMILES string of the molecule is O=c1o[nH][n+](-c2ccccc2)c1S(=O)(=O)O. The molecule has 2 N–H and O–H groups in total. The summed E-state index contributed by atoms with van der Waals surface area (Å²) in [6.07, 6.45) is 0. The third-order valence-corrected chi connectivity index (χ3v) is 2.70. The Balaban J connectivity index is 2.74. The molecule has 2 rings (SSSR count). The molecule has 1 aromatic heterocycles. The Morgan fingerprint density at radius 1 is 1.25 bits per heavy atom. The zero-order valence-electron chi connectivity index (χ0n) is 7.82. The lowest BCUT2D eigenvalue weighted by atomic mass is 10.3. The minimum absolute atomic E-state index is 0.348. The molecule has 0 aliphatic carbocycles. The number of nitrogens with one attached hydrogen (secondary N) is 1. The third kappa shape index (κ3) is 1.75. The first-order valence-corrected chi connectivity index (χ1v) is 5.60. The van der Waals surface area contributed by atoms with Crippen molar-refractivity contribution in [1.82, 2.24) is 5.27 Å². The van der Waals surface area contributed by atoms with Gasteiger partial charge in [-0.1, -0.05) is 18.2 Å². The van der Waals surface area contributed by atoms with Crippen LogP contribution < -0.4 is 10.3 Å². The number of rotatable bonds is 2. The maximum atomic E-state index is 11.1. The molecule has 1 heterocycles. The number of aromatic amines is 1. The molecule has 0 saturated carbocycles. The van der Waals surface area contributed by atoms with Crippen molar-refractivity contribution in [1.29, 1.82) is 0 Å². The van der Waals surface area contributed by atoms with Gasteiger partial charge >= 0.3 is 20.8 Å². The predicted molar refractivity (Wildman–Crippen MR) is 50.7 cm³/mol. The summed E-state index contributed by atoms with van der Waals surface area (Å²) in [6.45, 7) is 0. The topological polar surface area (TPSA) is 104 Å². The van der Waals surface area contributed by atoms with Crippen LogP contribution >= 0.6 is 0 Å². The van der Waals surface area contributed by atoms with Crippen LogP contribution in [0.1, 0.15) is 0 Å². The summed E-state index contributed by atoms with van der Waals surface area (Å²) in [5, 5.41) is 1.22. The number of para-hydroxylation sites is 1. The molecule has 16 heavy (non-hydrogen) atoms. The average molecular weight is 243 g/mol. The van der Waals surface area contributed by atoms with Gasteiger partial charge in [0, 0.05) is 12.1 Å². The number of benzene rings is 1. The molecule has 0 amide bonds. The Bertz CT molecular complexity index is 655. The molecule has 0 aliphatic heterocycles. The first-order valence-electron chi connectivity index (χ1n) is 4.16. The maximum absolute atomic E-state index is 11.1. The van der Waals surface area contributed by atoms with Gasteiger partial charge in [-0.05, 0) is 9.95 Å². The molecule has 0 fully saturated rings. The summed E-state index contributed by atoms with van der Waals surface area (Å²) in [5.74, 6) is 0. The van der Waals surface area contributed by atoms with Gasteiger partial charge in [-0.3, -0.25) is 9.08 Å². The van der Waals surface area contributed by atoms with Gasteiger partial charge in [-0.25, -0.2) is 4.79 Å². The van der Waals surface area contributed by atoms with E-state index < -0.39 is 20.8 Å². The van der Waals surface area contributed by atoms with E-state index in [1.165, 1.54) is 0 Å². The molecule has 0 bridgehead atoms. The van der Waals surface area contributed by atoms with E-state index in [0.29, 0.717) is 5.69 Å². The Labute approximate surface area is 89.6 Å². The quantitative estimate of drug-likeness (QED) is 0.546. The van der Waals surface area contributed by atoms with Crippen LogP contribution in [0.2, 0.25) is 0 Å². The highest BCUT2D eigenvalue weighted by Gasteiger charge is 2.34. The fourth-order valence-corrected chi connectivity index (χ4v) is 1.86. The molecule has 0 aliphatic rings. The fraction of sp³-hybridized carbons (Fsp3) is 0. The molecule has 84 valence electrons. The molecule has 8 heteroatoms. The van der Waals surface area contributed by atoms with Crippen molar-refractivity contribution in [2.24, 2.45) is 0 Å². The molecular weight excluding hydrogens is 236 g/mol. The number of nitrogens with zero attached hydrogens (tertiary/aromatic N) is 1. The monoisotopic (exact) mass is 243 g/mol. The van der Waals surface area contributed by atoms with Crippen LogP contribution in [0.25, 0.3) is 5.69 Å². The second-order valence-corrected chi connectivity index (χ2v) is 4.27. The van der Waals surface area contributed by atoms with Crippen molar-refractivity contribution in [3.8, 4) is 5.69 Å². The van der Waals surface area contributed by atoms with E-state index in [0.717, 1.165) is 4.68 Å². The van der Waals surface area contributed by atoms with Gasteiger partial charge in [0.15, 0.2) is 0 Å². The van der Waals surface area contributed by atoms with Crippen LogP contribution in [0.15, 0.2) is 44.7 Å². The normalized spacial score (nSPS) is 11.6. The van der Waals surface area contributed by atoms with Crippen LogP contribution in [0.4, 0.5) is 0 Å². The van der Waals surface area contributed by atoms with E-state index in [-0.39, 0.29) is 0 Å². The highest BCUT2D eigenvalue weighted by Crippen LogP contribution is 2.01. The second kappa shape index (κ2) is 3.58. The van der Waals surface area contributed by atoms with E-state index in [9.17, 15) is 13.2 Å². The lowest BCUT2D eigenvalue weighted by molar-refractivity contribution is -0.706. The van der Waals surface area contributed by atoms with Crippen molar-refractivity contribution >= 4 is 10.1 Å². The fourth-order valence-electron chi connectivity index (χ4n) is 1.23. The lowest BCUT2D eigenvalue weighted by Gasteiger charge is -1.90. The van der Waals surface area contributed by atoms with Gasteiger partial charge in [0.05, 0.1) is 0 Å². The van der Waals surface area contributed by atoms with Crippen molar-refractivity contribution in [3.63, 3.8) is 0 Å². The summed E-state index contributed by atoms with van der Waals surface area (Å²) in [7, 11) is -4.64. The highest BCUT2D eigenvalue weighted by atomic mass is 32.2. The number of hydrogen-bond donors (Lipinski definition) is 2. The zero-order valence-corrected chi connectivity index (χ0v) is 8.64. The summed E-state index contributed by atoms with van der Waals surface area (Å²) in [6, 6.07) is 8.08. The molecule has 7 nitrogen and oxygen atoms in total. The Morgan fingerprint density at radius 2 is 1.88 bits per heavy atom. The summed E-state index contributed by atoms with van der Waals surface area (Å²) in [4.78, 5) is 11.1. The minimum atomic E-state index is -4.64. The van der Waals surface area contributed by atoms with E-state index in [1.807, 2.05) is 0 Å². The molecule has 0 atom stereocenters. The lowest BCUT2D eigenvalue weighted by Crippen LogP contribution is -2.40. The molecular formula is C8H7N2O5S+. The van der Waals surface area contributed by atoms with E-state index >= 15 is 0 Å². The van der Waals surface area contributed by atoms with Crippen LogP contribution in [-0.2, 0) is 10.1 Å². The van der Waals surface area contributed by atoms with Crippen LogP contribution in [0, 0.1) is 0 Å². The Morgan fingerprint density at radius 3 is 2.44 bits per heavy atom. The van der Waals surface area contributed by atoms with Crippen molar-refractivity contribution < 1.29 is 22.2 Å². The Kier molecular flexibility index (Phi) is 2.37. The van der Waals surface area contributed by atoms with Crippen LogP contribution in [-0.4, -0.2) is 18.2 Å². The number of H-pyrrole nitrogens is 1.